The van der Waals surface area contributed by atoms with Crippen LogP contribution in [0.25, 0.3) is 5.76 Å². The standard InChI is InChI=1S/C31H31NO7/c1-4-17-39-31(36)21-13-10-14-22(18-21)32-27(20-11-8-7-9-12-20)26(29(34)30(32)35)28(33)24-16-15-23(37-5-2)19-25(24)38-6-3/h7-16,18-19,27,33H,4-6,17H2,1-3H3/b28-26-. The third-order valence-electron chi connectivity index (χ3n) is 6.18. The Morgan fingerprint density at radius 1 is 0.897 bits per heavy atom. The van der Waals surface area contributed by atoms with Crippen LogP contribution in [0.3, 0.4) is 0 Å². The van der Waals surface area contributed by atoms with Gasteiger partial charge in [-0.2, -0.15) is 0 Å². The maximum Gasteiger partial charge on any atom is 0.338 e. The average Bonchev–Trinajstić information content (AvgIpc) is 3.22. The van der Waals surface area contributed by atoms with Crippen LogP contribution in [0.1, 0.15) is 54.7 Å². The molecule has 3 aromatic carbocycles. The molecule has 3 aromatic rings. The van der Waals surface area contributed by atoms with E-state index in [2.05, 4.69) is 0 Å². The van der Waals surface area contributed by atoms with Gasteiger partial charge in [0.05, 0.1) is 42.6 Å². The van der Waals surface area contributed by atoms with Crippen molar-refractivity contribution < 1.29 is 33.7 Å². The van der Waals surface area contributed by atoms with Crippen molar-refractivity contribution in [2.45, 2.75) is 33.2 Å². The number of carbonyl (C=O) groups is 3. The summed E-state index contributed by atoms with van der Waals surface area (Å²) in [6.45, 7) is 6.58. The quantitative estimate of drug-likeness (QED) is 0.156. The summed E-state index contributed by atoms with van der Waals surface area (Å²) in [6.07, 6.45) is 0.670. The smallest absolute Gasteiger partial charge is 0.338 e. The molecule has 8 heteroatoms. The molecule has 1 unspecified atom stereocenters. The molecule has 1 N–H and O–H groups in total. The SMILES string of the molecule is CCCOC(=O)c1cccc(N2C(=O)C(=O)/C(=C(\O)c3ccc(OCC)cc3OCC)C2c2ccccc2)c1. The van der Waals surface area contributed by atoms with Crippen LogP contribution < -0.4 is 14.4 Å². The van der Waals surface area contributed by atoms with Crippen LogP contribution in [0.4, 0.5) is 5.69 Å². The van der Waals surface area contributed by atoms with Crippen LogP contribution in [0.15, 0.2) is 78.4 Å². The maximum atomic E-state index is 13.5. The predicted octanol–water partition coefficient (Wildman–Crippen LogP) is 5.68. The number of ketones is 1. The van der Waals surface area contributed by atoms with Gasteiger partial charge < -0.3 is 19.3 Å². The molecule has 4 rings (SSSR count). The number of aliphatic hydroxyl groups is 1. The van der Waals surface area contributed by atoms with E-state index in [4.69, 9.17) is 14.2 Å². The lowest BCUT2D eigenvalue weighted by atomic mass is 9.94. The van der Waals surface area contributed by atoms with E-state index >= 15 is 0 Å². The Balaban J connectivity index is 1.88. The summed E-state index contributed by atoms with van der Waals surface area (Å²) in [5, 5.41) is 11.6. The number of amides is 1. The van der Waals surface area contributed by atoms with Gasteiger partial charge in [-0.15, -0.1) is 0 Å². The Kier molecular flexibility index (Phi) is 8.66. The van der Waals surface area contributed by atoms with Crippen LogP contribution in [0.2, 0.25) is 0 Å². The predicted molar refractivity (Wildman–Crippen MR) is 147 cm³/mol. The molecule has 1 atom stereocenters. The molecule has 0 spiro atoms. The molecule has 1 amide bonds. The lowest BCUT2D eigenvalue weighted by Crippen LogP contribution is -2.29. The molecule has 1 saturated heterocycles. The van der Waals surface area contributed by atoms with Crippen molar-refractivity contribution >= 4 is 29.1 Å². The molecule has 0 bridgehead atoms. The van der Waals surface area contributed by atoms with Gasteiger partial charge in [0.1, 0.15) is 17.3 Å². The van der Waals surface area contributed by atoms with Crippen molar-refractivity contribution in [3.05, 3.63) is 95.1 Å². The number of Topliss-reactive ketones (excluding diaryl/α,β-unsaturated/α-hetero) is 1. The van der Waals surface area contributed by atoms with E-state index < -0.39 is 23.7 Å². The number of nitrogens with zero attached hydrogens (tertiary/aromatic N) is 1. The fraction of sp³-hybridized carbons (Fsp3) is 0.258. The Morgan fingerprint density at radius 2 is 1.64 bits per heavy atom. The van der Waals surface area contributed by atoms with Crippen molar-refractivity contribution in [3.8, 4) is 11.5 Å². The van der Waals surface area contributed by atoms with Crippen molar-refractivity contribution in [1.82, 2.24) is 0 Å². The van der Waals surface area contributed by atoms with Gasteiger partial charge in [0.2, 0.25) is 0 Å². The number of benzene rings is 3. The van der Waals surface area contributed by atoms with E-state index in [1.165, 1.54) is 11.0 Å². The largest absolute Gasteiger partial charge is 0.507 e. The molecular weight excluding hydrogens is 498 g/mol. The molecule has 0 aromatic heterocycles. The highest BCUT2D eigenvalue weighted by molar-refractivity contribution is 6.51. The third-order valence-corrected chi connectivity index (χ3v) is 6.18. The normalized spacial score (nSPS) is 16.3. The summed E-state index contributed by atoms with van der Waals surface area (Å²) < 4.78 is 16.6. The van der Waals surface area contributed by atoms with Crippen molar-refractivity contribution in [3.63, 3.8) is 0 Å². The van der Waals surface area contributed by atoms with E-state index in [0.717, 1.165) is 0 Å². The molecule has 0 aliphatic carbocycles. The number of aliphatic hydroxyl groups excluding tert-OH is 1. The summed E-state index contributed by atoms with van der Waals surface area (Å²) in [5.74, 6) is -1.70. The summed E-state index contributed by atoms with van der Waals surface area (Å²) >= 11 is 0. The fourth-order valence-corrected chi connectivity index (χ4v) is 4.49. The topological polar surface area (TPSA) is 102 Å². The van der Waals surface area contributed by atoms with E-state index in [9.17, 15) is 19.5 Å². The van der Waals surface area contributed by atoms with Gasteiger partial charge in [-0.05, 0) is 56.2 Å². The minimum absolute atomic E-state index is 0.0877. The van der Waals surface area contributed by atoms with Gasteiger partial charge in [0.15, 0.2) is 0 Å². The molecule has 1 fully saturated rings. The molecule has 39 heavy (non-hydrogen) atoms. The number of hydrogen-bond acceptors (Lipinski definition) is 7. The van der Waals surface area contributed by atoms with Crippen LogP contribution in [-0.4, -0.2) is 42.6 Å². The van der Waals surface area contributed by atoms with Crippen LogP contribution in [0.5, 0.6) is 11.5 Å². The van der Waals surface area contributed by atoms with Crippen LogP contribution in [-0.2, 0) is 14.3 Å². The van der Waals surface area contributed by atoms with Gasteiger partial charge >= 0.3 is 5.97 Å². The first kappa shape index (κ1) is 27.4. The second-order valence-corrected chi connectivity index (χ2v) is 8.79. The van der Waals surface area contributed by atoms with E-state index in [-0.39, 0.29) is 29.1 Å². The Hall–Kier alpha value is -4.59. The first-order chi connectivity index (χ1) is 18.9. The molecule has 1 aliphatic heterocycles. The highest BCUT2D eigenvalue weighted by Crippen LogP contribution is 2.43. The average molecular weight is 530 g/mol. The third kappa shape index (κ3) is 5.65. The fourth-order valence-electron chi connectivity index (χ4n) is 4.49. The molecule has 1 aliphatic rings. The number of ether oxygens (including phenoxy) is 3. The Morgan fingerprint density at radius 3 is 2.33 bits per heavy atom. The zero-order valence-corrected chi connectivity index (χ0v) is 22.2. The summed E-state index contributed by atoms with van der Waals surface area (Å²) in [7, 11) is 0. The van der Waals surface area contributed by atoms with Gasteiger partial charge in [-0.25, -0.2) is 4.79 Å². The number of rotatable bonds is 10. The number of esters is 1. The maximum absolute atomic E-state index is 13.5. The van der Waals surface area contributed by atoms with E-state index in [0.29, 0.717) is 42.4 Å². The monoisotopic (exact) mass is 529 g/mol. The highest BCUT2D eigenvalue weighted by Gasteiger charge is 2.47. The number of carbonyl (C=O) groups excluding carboxylic acids is 3. The molecule has 202 valence electrons. The minimum atomic E-state index is -0.950. The lowest BCUT2D eigenvalue weighted by molar-refractivity contribution is -0.132. The van der Waals surface area contributed by atoms with Gasteiger partial charge in [0.25, 0.3) is 11.7 Å². The van der Waals surface area contributed by atoms with Gasteiger partial charge in [-0.1, -0.05) is 43.3 Å². The lowest BCUT2D eigenvalue weighted by Gasteiger charge is -2.26. The Labute approximate surface area is 227 Å². The second kappa shape index (κ2) is 12.3. The summed E-state index contributed by atoms with van der Waals surface area (Å²) in [4.78, 5) is 40.9. The van der Waals surface area contributed by atoms with E-state index in [1.807, 2.05) is 19.9 Å². The van der Waals surface area contributed by atoms with Crippen molar-refractivity contribution in [1.29, 1.82) is 0 Å². The minimum Gasteiger partial charge on any atom is -0.507 e. The molecule has 0 radical (unpaired) electrons. The molecular formula is C31H31NO7. The second-order valence-electron chi connectivity index (χ2n) is 8.79. The summed E-state index contributed by atoms with van der Waals surface area (Å²) in [6, 6.07) is 19.3. The van der Waals surface area contributed by atoms with E-state index in [1.54, 1.807) is 67.6 Å². The first-order valence-electron chi connectivity index (χ1n) is 12.9. The summed E-state index contributed by atoms with van der Waals surface area (Å²) in [5.41, 5.74) is 1.36. The first-order valence-corrected chi connectivity index (χ1v) is 12.9. The van der Waals surface area contributed by atoms with Gasteiger partial charge in [0, 0.05) is 11.8 Å². The van der Waals surface area contributed by atoms with Crippen molar-refractivity contribution in [2.75, 3.05) is 24.7 Å². The zero-order valence-electron chi connectivity index (χ0n) is 22.2. The number of anilines is 1. The molecule has 8 nitrogen and oxygen atoms in total. The van der Waals surface area contributed by atoms with Crippen LogP contribution in [0, 0.1) is 0 Å². The molecule has 1 heterocycles. The van der Waals surface area contributed by atoms with Gasteiger partial charge in [-0.3, -0.25) is 14.5 Å². The molecule has 0 saturated carbocycles. The zero-order chi connectivity index (χ0) is 27.9. The highest BCUT2D eigenvalue weighted by atomic mass is 16.5. The van der Waals surface area contributed by atoms with Crippen LogP contribution >= 0.6 is 0 Å². The number of hydrogen-bond donors (Lipinski definition) is 1. The van der Waals surface area contributed by atoms with Crippen molar-refractivity contribution in [2.24, 2.45) is 0 Å². The Bertz CT molecular complexity index is 1400.